The summed E-state index contributed by atoms with van der Waals surface area (Å²) in [6, 6.07) is 4.54. The first-order chi connectivity index (χ1) is 8.13. The summed E-state index contributed by atoms with van der Waals surface area (Å²) in [5.41, 5.74) is 11.2. The zero-order valence-electron chi connectivity index (χ0n) is 11.1. The second kappa shape index (κ2) is 5.19. The van der Waals surface area contributed by atoms with Gasteiger partial charge in [-0.1, -0.05) is 12.1 Å². The van der Waals surface area contributed by atoms with Crippen LogP contribution in [0.5, 0.6) is 0 Å². The van der Waals surface area contributed by atoms with E-state index in [0.717, 1.165) is 19.6 Å². The Kier molecular flexibility index (Phi) is 3.85. The highest BCUT2D eigenvalue weighted by atomic mass is 16.5. The molecule has 0 bridgehead atoms. The Balaban J connectivity index is 2.34. The van der Waals surface area contributed by atoms with Crippen LogP contribution in [-0.2, 0) is 4.74 Å². The lowest BCUT2D eigenvalue weighted by atomic mass is 9.86. The van der Waals surface area contributed by atoms with Crippen LogP contribution in [-0.4, -0.2) is 13.2 Å². The average molecular weight is 233 g/mol. The molecule has 0 amide bonds. The molecule has 2 atom stereocenters. The van der Waals surface area contributed by atoms with Crippen molar-refractivity contribution in [2.75, 3.05) is 13.2 Å². The molecule has 1 aromatic rings. The van der Waals surface area contributed by atoms with Crippen LogP contribution in [0.25, 0.3) is 0 Å². The van der Waals surface area contributed by atoms with Crippen molar-refractivity contribution in [3.63, 3.8) is 0 Å². The van der Waals surface area contributed by atoms with Crippen LogP contribution in [0.15, 0.2) is 12.1 Å². The van der Waals surface area contributed by atoms with Crippen LogP contribution in [0, 0.1) is 26.7 Å². The molecule has 0 radical (unpaired) electrons. The molecule has 1 aliphatic rings. The van der Waals surface area contributed by atoms with Crippen LogP contribution in [0.1, 0.15) is 41.2 Å². The third-order valence-corrected chi connectivity index (χ3v) is 3.94. The summed E-state index contributed by atoms with van der Waals surface area (Å²) in [7, 11) is 0. The smallest absolute Gasteiger partial charge is 0.0867 e. The first kappa shape index (κ1) is 12.6. The van der Waals surface area contributed by atoms with E-state index in [0.29, 0.717) is 5.92 Å². The third-order valence-electron chi connectivity index (χ3n) is 3.94. The molecule has 2 rings (SSSR count). The zero-order chi connectivity index (χ0) is 12.4. The van der Waals surface area contributed by atoms with Gasteiger partial charge in [-0.2, -0.15) is 0 Å². The van der Waals surface area contributed by atoms with E-state index in [1.54, 1.807) is 0 Å². The molecular weight excluding hydrogens is 210 g/mol. The summed E-state index contributed by atoms with van der Waals surface area (Å²) in [5.74, 6) is 0.476. The number of hydrogen-bond acceptors (Lipinski definition) is 2. The number of hydrogen-bond donors (Lipinski definition) is 1. The van der Waals surface area contributed by atoms with E-state index in [9.17, 15) is 0 Å². The first-order valence-corrected chi connectivity index (χ1v) is 6.53. The van der Waals surface area contributed by atoms with E-state index < -0.39 is 0 Å². The Morgan fingerprint density at radius 1 is 1.18 bits per heavy atom. The van der Waals surface area contributed by atoms with Crippen molar-refractivity contribution in [1.82, 2.24) is 0 Å². The first-order valence-electron chi connectivity index (χ1n) is 6.53. The highest BCUT2D eigenvalue weighted by Gasteiger charge is 2.27. The maximum atomic E-state index is 5.96. The molecule has 2 heteroatoms. The fraction of sp³-hybridized carbons (Fsp3) is 0.600. The van der Waals surface area contributed by atoms with Gasteiger partial charge in [-0.15, -0.1) is 0 Å². The molecule has 1 aliphatic heterocycles. The molecule has 2 N–H and O–H groups in total. The molecule has 1 aromatic carbocycles. The lowest BCUT2D eigenvalue weighted by Crippen LogP contribution is -2.29. The van der Waals surface area contributed by atoms with Gasteiger partial charge in [-0.25, -0.2) is 0 Å². The predicted octanol–water partition coefficient (Wildman–Crippen LogP) is 3.04. The van der Waals surface area contributed by atoms with Crippen LogP contribution in [0.2, 0.25) is 0 Å². The Morgan fingerprint density at radius 2 is 1.88 bits per heavy atom. The van der Waals surface area contributed by atoms with Gasteiger partial charge in [-0.3, -0.25) is 0 Å². The standard InChI is InChI=1S/C15H23NO/c1-10-7-12(3)14(8-11(10)2)15-13(9-16)5-4-6-17-15/h7-8,13,15H,4-6,9,16H2,1-3H3. The zero-order valence-corrected chi connectivity index (χ0v) is 11.1. The second-order valence-corrected chi connectivity index (χ2v) is 5.22. The van der Waals surface area contributed by atoms with Gasteiger partial charge in [-0.05, 0) is 62.4 Å². The minimum atomic E-state index is 0.202. The van der Waals surface area contributed by atoms with E-state index in [1.807, 2.05) is 0 Å². The van der Waals surface area contributed by atoms with E-state index in [-0.39, 0.29) is 6.10 Å². The van der Waals surface area contributed by atoms with Gasteiger partial charge in [0, 0.05) is 12.5 Å². The van der Waals surface area contributed by atoms with Gasteiger partial charge in [0.1, 0.15) is 0 Å². The summed E-state index contributed by atoms with van der Waals surface area (Å²) in [5, 5.41) is 0. The van der Waals surface area contributed by atoms with Crippen molar-refractivity contribution in [3.05, 3.63) is 34.4 Å². The Labute approximate surface area is 104 Å². The van der Waals surface area contributed by atoms with Crippen LogP contribution in [0.3, 0.4) is 0 Å². The van der Waals surface area contributed by atoms with E-state index in [4.69, 9.17) is 10.5 Å². The Bertz CT molecular complexity index is 400. The normalized spacial score (nSPS) is 24.9. The van der Waals surface area contributed by atoms with Gasteiger partial charge in [0.15, 0.2) is 0 Å². The molecule has 0 spiro atoms. The number of nitrogens with two attached hydrogens (primary N) is 1. The van der Waals surface area contributed by atoms with Gasteiger partial charge in [0.05, 0.1) is 6.10 Å². The van der Waals surface area contributed by atoms with Crippen molar-refractivity contribution < 1.29 is 4.74 Å². The summed E-state index contributed by atoms with van der Waals surface area (Å²) in [6.07, 6.45) is 2.53. The summed E-state index contributed by atoms with van der Waals surface area (Å²) in [4.78, 5) is 0. The van der Waals surface area contributed by atoms with Crippen molar-refractivity contribution in [2.45, 2.75) is 39.7 Å². The monoisotopic (exact) mass is 233 g/mol. The molecule has 0 aliphatic carbocycles. The van der Waals surface area contributed by atoms with E-state index >= 15 is 0 Å². The molecule has 94 valence electrons. The average Bonchev–Trinajstić information content (AvgIpc) is 2.34. The second-order valence-electron chi connectivity index (χ2n) is 5.22. The number of ether oxygens (including phenoxy) is 1. The maximum Gasteiger partial charge on any atom is 0.0867 e. The Morgan fingerprint density at radius 3 is 2.59 bits per heavy atom. The third kappa shape index (κ3) is 2.53. The number of benzene rings is 1. The molecule has 2 nitrogen and oxygen atoms in total. The lowest BCUT2D eigenvalue weighted by molar-refractivity contribution is -0.0255. The van der Waals surface area contributed by atoms with E-state index in [2.05, 4.69) is 32.9 Å². The molecule has 1 saturated heterocycles. The summed E-state index contributed by atoms with van der Waals surface area (Å²) < 4.78 is 5.96. The van der Waals surface area contributed by atoms with Crippen LogP contribution in [0.4, 0.5) is 0 Å². The van der Waals surface area contributed by atoms with E-state index in [1.165, 1.54) is 28.7 Å². The summed E-state index contributed by atoms with van der Waals surface area (Å²) >= 11 is 0. The fourth-order valence-corrected chi connectivity index (χ4v) is 2.72. The van der Waals surface area contributed by atoms with Crippen molar-refractivity contribution in [3.8, 4) is 0 Å². The quantitative estimate of drug-likeness (QED) is 0.852. The fourth-order valence-electron chi connectivity index (χ4n) is 2.72. The molecule has 1 fully saturated rings. The minimum absolute atomic E-state index is 0.202. The molecule has 2 unspecified atom stereocenters. The van der Waals surface area contributed by atoms with Gasteiger partial charge in [0.2, 0.25) is 0 Å². The van der Waals surface area contributed by atoms with Crippen LogP contribution >= 0.6 is 0 Å². The number of rotatable bonds is 2. The SMILES string of the molecule is Cc1cc(C)c(C2OCCCC2CN)cc1C. The van der Waals surface area contributed by atoms with Crippen molar-refractivity contribution in [1.29, 1.82) is 0 Å². The van der Waals surface area contributed by atoms with Gasteiger partial charge >= 0.3 is 0 Å². The molecule has 0 saturated carbocycles. The number of aryl methyl sites for hydroxylation is 3. The molecular formula is C15H23NO. The summed E-state index contributed by atoms with van der Waals surface area (Å²) in [6.45, 7) is 8.09. The van der Waals surface area contributed by atoms with Crippen molar-refractivity contribution >= 4 is 0 Å². The van der Waals surface area contributed by atoms with Crippen molar-refractivity contribution in [2.24, 2.45) is 11.7 Å². The van der Waals surface area contributed by atoms with Gasteiger partial charge < -0.3 is 10.5 Å². The molecule has 0 aromatic heterocycles. The minimum Gasteiger partial charge on any atom is -0.373 e. The lowest BCUT2D eigenvalue weighted by Gasteiger charge is -2.32. The van der Waals surface area contributed by atoms with Gasteiger partial charge in [0.25, 0.3) is 0 Å². The Hall–Kier alpha value is -0.860. The molecule has 17 heavy (non-hydrogen) atoms. The predicted molar refractivity (Wildman–Crippen MR) is 71.1 cm³/mol. The molecule has 1 heterocycles. The topological polar surface area (TPSA) is 35.2 Å². The maximum absolute atomic E-state index is 5.96. The largest absolute Gasteiger partial charge is 0.373 e. The highest BCUT2D eigenvalue weighted by molar-refractivity contribution is 5.38. The van der Waals surface area contributed by atoms with Crippen LogP contribution < -0.4 is 5.73 Å². The highest BCUT2D eigenvalue weighted by Crippen LogP contribution is 2.35.